The summed E-state index contributed by atoms with van der Waals surface area (Å²) in [6, 6.07) is 16.6. The van der Waals surface area contributed by atoms with Crippen LogP contribution in [0.5, 0.6) is 0 Å². The lowest BCUT2D eigenvalue weighted by atomic mass is 9.89. The summed E-state index contributed by atoms with van der Waals surface area (Å²) in [7, 11) is 0. The lowest BCUT2D eigenvalue weighted by molar-refractivity contribution is 0.0785. The maximum atomic E-state index is 14.1. The number of likely N-dealkylation sites (tertiary alicyclic amines) is 1. The van der Waals surface area contributed by atoms with Crippen molar-refractivity contribution in [2.45, 2.75) is 12.8 Å². The topological polar surface area (TPSA) is 64.2 Å². The molecule has 1 saturated heterocycles. The molecule has 28 heavy (non-hydrogen) atoms. The van der Waals surface area contributed by atoms with Gasteiger partial charge in [0.25, 0.3) is 5.91 Å². The summed E-state index contributed by atoms with van der Waals surface area (Å²) in [5, 5.41) is 4.26. The van der Waals surface area contributed by atoms with Crippen LogP contribution in [-0.4, -0.2) is 40.2 Å². The summed E-state index contributed by atoms with van der Waals surface area (Å²) >= 11 is 0. The molecule has 0 radical (unpaired) electrons. The molecule has 4 rings (SSSR count). The first-order chi connectivity index (χ1) is 13.6. The molecule has 1 aliphatic rings. The lowest BCUT2D eigenvalue weighted by Gasteiger charge is -2.17. The molecule has 0 unspecified atom stereocenters. The highest BCUT2D eigenvalue weighted by molar-refractivity contribution is 5.95. The molecule has 2 aromatic carbocycles. The minimum absolute atomic E-state index is 0.0861. The van der Waals surface area contributed by atoms with Crippen LogP contribution >= 0.6 is 0 Å². The van der Waals surface area contributed by atoms with Gasteiger partial charge in [0.2, 0.25) is 0 Å². The molecule has 0 saturated carbocycles. The van der Waals surface area contributed by atoms with Crippen molar-refractivity contribution in [1.82, 2.24) is 14.7 Å². The van der Waals surface area contributed by atoms with Crippen LogP contribution in [0.25, 0.3) is 5.69 Å². The van der Waals surface area contributed by atoms with Crippen molar-refractivity contribution in [2.75, 3.05) is 19.6 Å². The number of hydrogen-bond donors (Lipinski definition) is 1. The van der Waals surface area contributed by atoms with Crippen LogP contribution < -0.4 is 5.73 Å². The average Bonchev–Trinajstić information content (AvgIpc) is 3.32. The van der Waals surface area contributed by atoms with Crippen molar-refractivity contribution >= 4 is 5.91 Å². The van der Waals surface area contributed by atoms with E-state index in [1.165, 1.54) is 22.5 Å². The molecule has 2 heterocycles. The van der Waals surface area contributed by atoms with E-state index in [-0.39, 0.29) is 23.6 Å². The molecule has 5 nitrogen and oxygen atoms in total. The smallest absolute Gasteiger partial charge is 0.257 e. The summed E-state index contributed by atoms with van der Waals surface area (Å²) in [5.41, 5.74) is 8.65. The van der Waals surface area contributed by atoms with Gasteiger partial charge in [-0.1, -0.05) is 42.5 Å². The zero-order valence-electron chi connectivity index (χ0n) is 15.8. The maximum absolute atomic E-state index is 14.1. The summed E-state index contributed by atoms with van der Waals surface area (Å²) in [5.74, 6) is -0.0245. The van der Waals surface area contributed by atoms with Gasteiger partial charge in [0.1, 0.15) is 11.5 Å². The standard InChI is InChI=1S/C22H23FN4O/c1-15-18(12-25-27(15)21-10-6-5-9-20(21)23)22(28)26-13-17(11-24)19(14-26)16-7-3-2-4-8-16/h2-10,12,17,19H,11,13-14,24H2,1H3/t17-,19+/m1/s1. The van der Waals surface area contributed by atoms with Crippen LogP contribution in [0.3, 0.4) is 0 Å². The molecular weight excluding hydrogens is 355 g/mol. The number of nitrogens with zero attached hydrogens (tertiary/aromatic N) is 3. The Morgan fingerprint density at radius 3 is 2.57 bits per heavy atom. The third-order valence-electron chi connectivity index (χ3n) is 5.58. The van der Waals surface area contributed by atoms with Gasteiger partial charge in [-0.2, -0.15) is 5.10 Å². The van der Waals surface area contributed by atoms with Crippen molar-refractivity contribution < 1.29 is 9.18 Å². The number of carbonyl (C=O) groups is 1. The van der Waals surface area contributed by atoms with Crippen molar-refractivity contribution in [1.29, 1.82) is 0 Å². The van der Waals surface area contributed by atoms with Gasteiger partial charge < -0.3 is 10.6 Å². The average molecular weight is 378 g/mol. The number of benzene rings is 2. The SMILES string of the molecule is Cc1c(C(=O)N2C[C@@H](CN)[C@H](c3ccccc3)C2)cnn1-c1ccccc1F. The van der Waals surface area contributed by atoms with Gasteiger partial charge in [-0.25, -0.2) is 9.07 Å². The Balaban J connectivity index is 1.60. The quantitative estimate of drug-likeness (QED) is 0.759. The van der Waals surface area contributed by atoms with Crippen molar-refractivity contribution in [3.8, 4) is 5.69 Å². The summed E-state index contributed by atoms with van der Waals surface area (Å²) in [6.07, 6.45) is 1.53. The minimum atomic E-state index is -0.374. The van der Waals surface area contributed by atoms with Crippen LogP contribution in [0.2, 0.25) is 0 Å². The first kappa shape index (κ1) is 18.4. The third-order valence-corrected chi connectivity index (χ3v) is 5.58. The minimum Gasteiger partial charge on any atom is -0.338 e. The molecule has 0 spiro atoms. The Bertz CT molecular complexity index is 985. The highest BCUT2D eigenvalue weighted by Crippen LogP contribution is 2.33. The summed E-state index contributed by atoms with van der Waals surface area (Å²) in [4.78, 5) is 15.0. The van der Waals surface area contributed by atoms with E-state index in [2.05, 4.69) is 17.2 Å². The van der Waals surface area contributed by atoms with Gasteiger partial charge in [-0.05, 0) is 37.1 Å². The number of carbonyl (C=O) groups excluding carboxylic acids is 1. The Labute approximate surface area is 163 Å². The lowest BCUT2D eigenvalue weighted by Crippen LogP contribution is -2.30. The van der Waals surface area contributed by atoms with E-state index in [0.29, 0.717) is 36.6 Å². The monoisotopic (exact) mass is 378 g/mol. The Hall–Kier alpha value is -2.99. The van der Waals surface area contributed by atoms with E-state index >= 15 is 0 Å². The highest BCUT2D eigenvalue weighted by Gasteiger charge is 2.36. The molecule has 0 aliphatic carbocycles. The second-order valence-electron chi connectivity index (χ2n) is 7.23. The number of para-hydroxylation sites is 1. The molecule has 1 amide bonds. The fraction of sp³-hybridized carbons (Fsp3) is 0.273. The summed E-state index contributed by atoms with van der Waals surface area (Å²) < 4.78 is 15.6. The van der Waals surface area contributed by atoms with E-state index in [0.717, 1.165) is 0 Å². The second kappa shape index (κ2) is 7.56. The molecular formula is C22H23FN4O. The largest absolute Gasteiger partial charge is 0.338 e. The van der Waals surface area contributed by atoms with Gasteiger partial charge in [0.15, 0.2) is 0 Å². The van der Waals surface area contributed by atoms with E-state index in [4.69, 9.17) is 5.73 Å². The molecule has 2 atom stereocenters. The van der Waals surface area contributed by atoms with Crippen molar-refractivity contribution in [3.63, 3.8) is 0 Å². The first-order valence-corrected chi connectivity index (χ1v) is 9.44. The Morgan fingerprint density at radius 2 is 1.86 bits per heavy atom. The van der Waals surface area contributed by atoms with Gasteiger partial charge in [0, 0.05) is 19.0 Å². The molecule has 6 heteroatoms. The molecule has 3 aromatic rings. The number of hydrogen-bond acceptors (Lipinski definition) is 3. The molecule has 1 fully saturated rings. The zero-order chi connectivity index (χ0) is 19.7. The van der Waals surface area contributed by atoms with E-state index in [1.807, 2.05) is 23.1 Å². The first-order valence-electron chi connectivity index (χ1n) is 9.44. The number of amides is 1. The molecule has 1 aromatic heterocycles. The van der Waals surface area contributed by atoms with Crippen LogP contribution in [-0.2, 0) is 0 Å². The normalized spacial score (nSPS) is 19.2. The number of nitrogens with two attached hydrogens (primary N) is 1. The second-order valence-corrected chi connectivity index (χ2v) is 7.23. The number of rotatable bonds is 4. The van der Waals surface area contributed by atoms with Gasteiger partial charge in [0.05, 0.1) is 17.5 Å². The van der Waals surface area contributed by atoms with Gasteiger partial charge in [-0.15, -0.1) is 0 Å². The van der Waals surface area contributed by atoms with Crippen molar-refractivity contribution in [2.24, 2.45) is 11.7 Å². The van der Waals surface area contributed by atoms with Gasteiger partial charge >= 0.3 is 0 Å². The van der Waals surface area contributed by atoms with E-state index in [1.54, 1.807) is 25.1 Å². The third kappa shape index (κ3) is 3.20. The molecule has 144 valence electrons. The van der Waals surface area contributed by atoms with Crippen LogP contribution in [0.1, 0.15) is 27.5 Å². The zero-order valence-corrected chi connectivity index (χ0v) is 15.8. The number of aromatic nitrogens is 2. The van der Waals surface area contributed by atoms with Crippen LogP contribution in [0.15, 0.2) is 60.8 Å². The van der Waals surface area contributed by atoms with Crippen LogP contribution in [0, 0.1) is 18.7 Å². The summed E-state index contributed by atoms with van der Waals surface area (Å²) in [6.45, 7) is 3.54. The fourth-order valence-electron chi connectivity index (χ4n) is 4.01. The van der Waals surface area contributed by atoms with E-state index < -0.39 is 0 Å². The molecule has 2 N–H and O–H groups in total. The molecule has 1 aliphatic heterocycles. The van der Waals surface area contributed by atoms with Gasteiger partial charge in [-0.3, -0.25) is 4.79 Å². The number of halogens is 1. The van der Waals surface area contributed by atoms with Crippen molar-refractivity contribution in [3.05, 3.63) is 83.4 Å². The fourth-order valence-corrected chi connectivity index (χ4v) is 4.01. The highest BCUT2D eigenvalue weighted by atomic mass is 19.1. The maximum Gasteiger partial charge on any atom is 0.257 e. The predicted molar refractivity (Wildman–Crippen MR) is 106 cm³/mol. The molecule has 0 bridgehead atoms. The predicted octanol–water partition coefficient (Wildman–Crippen LogP) is 3.13. The van der Waals surface area contributed by atoms with E-state index in [9.17, 15) is 9.18 Å². The van der Waals surface area contributed by atoms with Crippen LogP contribution in [0.4, 0.5) is 4.39 Å². The Morgan fingerprint density at radius 1 is 1.14 bits per heavy atom. The Kier molecular flexibility index (Phi) is 4.96.